The largest absolute Gasteiger partial charge is 0.497 e. The Kier molecular flexibility index (Phi) is 3.38. The van der Waals surface area contributed by atoms with Crippen LogP contribution < -0.4 is 19.9 Å². The molecule has 24 heavy (non-hydrogen) atoms. The SMILES string of the molecule is COc1ccc(C2=[NH+]c3ccc(Br)cc3N3C(=O)NC(=O)C23)cc1. The molecule has 0 aliphatic carbocycles. The quantitative estimate of drug-likeness (QED) is 0.759. The lowest BCUT2D eigenvalue weighted by atomic mass is 9.99. The molecule has 0 saturated carbocycles. The van der Waals surface area contributed by atoms with Gasteiger partial charge in [-0.15, -0.1) is 0 Å². The summed E-state index contributed by atoms with van der Waals surface area (Å²) in [6.07, 6.45) is 0. The number of hydrogen-bond donors (Lipinski definition) is 2. The second-order valence-electron chi connectivity index (χ2n) is 5.50. The normalized spacial score (nSPS) is 18.7. The molecule has 1 fully saturated rings. The van der Waals surface area contributed by atoms with Crippen molar-refractivity contribution in [3.8, 4) is 5.75 Å². The van der Waals surface area contributed by atoms with Crippen LogP contribution in [-0.4, -0.2) is 30.8 Å². The highest BCUT2D eigenvalue weighted by Crippen LogP contribution is 2.32. The number of hydrogen-bond acceptors (Lipinski definition) is 3. The highest BCUT2D eigenvalue weighted by atomic mass is 79.9. The third-order valence-electron chi connectivity index (χ3n) is 4.12. The Bertz CT molecular complexity index is 892. The number of benzene rings is 2. The van der Waals surface area contributed by atoms with E-state index >= 15 is 0 Å². The molecule has 2 aromatic carbocycles. The molecular formula is C17H13BrN3O3+. The highest BCUT2D eigenvalue weighted by molar-refractivity contribution is 9.10. The van der Waals surface area contributed by atoms with Crippen molar-refractivity contribution in [2.75, 3.05) is 12.0 Å². The molecule has 0 aromatic heterocycles. The van der Waals surface area contributed by atoms with Gasteiger partial charge in [0.2, 0.25) is 17.4 Å². The zero-order valence-electron chi connectivity index (χ0n) is 12.7. The summed E-state index contributed by atoms with van der Waals surface area (Å²) in [7, 11) is 1.60. The van der Waals surface area contributed by atoms with Crippen LogP contribution in [0.4, 0.5) is 16.2 Å². The zero-order valence-corrected chi connectivity index (χ0v) is 14.3. The van der Waals surface area contributed by atoms with Crippen molar-refractivity contribution in [1.29, 1.82) is 0 Å². The monoisotopic (exact) mass is 386 g/mol. The van der Waals surface area contributed by atoms with Crippen LogP contribution in [-0.2, 0) is 4.79 Å². The molecule has 2 heterocycles. The fourth-order valence-electron chi connectivity index (χ4n) is 3.00. The maximum absolute atomic E-state index is 12.3. The molecule has 4 rings (SSSR count). The summed E-state index contributed by atoms with van der Waals surface area (Å²) in [5, 5.41) is 2.39. The Balaban J connectivity index is 1.90. The number of urea groups is 1. The van der Waals surface area contributed by atoms with Gasteiger partial charge in [0, 0.05) is 16.1 Å². The van der Waals surface area contributed by atoms with Crippen LogP contribution >= 0.6 is 15.9 Å². The van der Waals surface area contributed by atoms with Crippen LogP contribution in [0.5, 0.6) is 5.75 Å². The Morgan fingerprint density at radius 3 is 2.62 bits per heavy atom. The lowest BCUT2D eigenvalue weighted by Crippen LogP contribution is -2.75. The maximum Gasteiger partial charge on any atom is 0.330 e. The Morgan fingerprint density at radius 2 is 1.92 bits per heavy atom. The van der Waals surface area contributed by atoms with E-state index in [1.165, 1.54) is 4.90 Å². The number of nitrogens with one attached hydrogen (secondary N) is 2. The number of ether oxygens (including phenoxy) is 1. The molecule has 0 radical (unpaired) electrons. The van der Waals surface area contributed by atoms with Gasteiger partial charge in [0.15, 0.2) is 0 Å². The van der Waals surface area contributed by atoms with E-state index in [0.29, 0.717) is 11.4 Å². The van der Waals surface area contributed by atoms with Crippen LogP contribution in [0.15, 0.2) is 46.9 Å². The third-order valence-corrected chi connectivity index (χ3v) is 4.61. The molecule has 0 spiro atoms. The zero-order chi connectivity index (χ0) is 16.8. The van der Waals surface area contributed by atoms with Crippen LogP contribution in [0.1, 0.15) is 5.56 Å². The molecule has 2 aromatic rings. The first-order valence-electron chi connectivity index (χ1n) is 7.30. The molecule has 3 amide bonds. The summed E-state index contributed by atoms with van der Waals surface area (Å²) >= 11 is 3.41. The van der Waals surface area contributed by atoms with E-state index in [2.05, 4.69) is 26.2 Å². The third kappa shape index (κ3) is 2.20. The van der Waals surface area contributed by atoms with Gasteiger partial charge in [0.05, 0.1) is 7.11 Å². The maximum atomic E-state index is 12.3. The molecule has 2 aliphatic heterocycles. The topological polar surface area (TPSA) is 72.6 Å². The first-order chi connectivity index (χ1) is 11.6. The van der Waals surface area contributed by atoms with Crippen molar-refractivity contribution in [3.63, 3.8) is 0 Å². The van der Waals surface area contributed by atoms with Gasteiger partial charge in [0.25, 0.3) is 5.91 Å². The summed E-state index contributed by atoms with van der Waals surface area (Å²) in [5.74, 6) is 0.382. The van der Waals surface area contributed by atoms with Gasteiger partial charge in [-0.25, -0.2) is 9.79 Å². The van der Waals surface area contributed by atoms with Crippen molar-refractivity contribution in [3.05, 3.63) is 52.5 Å². The van der Waals surface area contributed by atoms with E-state index in [4.69, 9.17) is 4.74 Å². The predicted octanol–water partition coefficient (Wildman–Crippen LogP) is 1.10. The van der Waals surface area contributed by atoms with Crippen LogP contribution in [0.3, 0.4) is 0 Å². The Labute approximate surface area is 146 Å². The highest BCUT2D eigenvalue weighted by Gasteiger charge is 2.49. The number of methoxy groups -OCH3 is 1. The number of imide groups is 1. The number of fused-ring (bicyclic) bond motifs is 3. The number of carbonyl (C=O) groups is 2. The smallest absolute Gasteiger partial charge is 0.330 e. The minimum absolute atomic E-state index is 0.344. The summed E-state index contributed by atoms with van der Waals surface area (Å²) in [6, 6.07) is 11.8. The van der Waals surface area contributed by atoms with Gasteiger partial charge < -0.3 is 4.74 Å². The van der Waals surface area contributed by atoms with E-state index in [1.807, 2.05) is 42.5 Å². The molecule has 0 bridgehead atoms. The lowest BCUT2D eigenvalue weighted by Gasteiger charge is -2.24. The molecule has 7 heteroatoms. The Hall–Kier alpha value is -2.67. The van der Waals surface area contributed by atoms with E-state index in [-0.39, 0.29) is 5.91 Å². The minimum Gasteiger partial charge on any atom is -0.497 e. The van der Waals surface area contributed by atoms with Crippen LogP contribution in [0, 0.1) is 0 Å². The van der Waals surface area contributed by atoms with Gasteiger partial charge in [0.1, 0.15) is 11.4 Å². The van der Waals surface area contributed by atoms with Gasteiger partial charge in [-0.1, -0.05) is 15.9 Å². The number of anilines is 1. The van der Waals surface area contributed by atoms with Crippen molar-refractivity contribution >= 4 is 45.0 Å². The average molecular weight is 387 g/mol. The number of nitrogens with zero attached hydrogens (tertiary/aromatic N) is 1. The van der Waals surface area contributed by atoms with E-state index in [1.54, 1.807) is 7.11 Å². The number of rotatable bonds is 2. The van der Waals surface area contributed by atoms with Crippen molar-refractivity contribution in [2.24, 2.45) is 0 Å². The fourth-order valence-corrected chi connectivity index (χ4v) is 3.35. The lowest BCUT2D eigenvalue weighted by molar-refractivity contribution is -0.355. The summed E-state index contributed by atoms with van der Waals surface area (Å²) in [6.45, 7) is 0. The minimum atomic E-state index is -0.715. The van der Waals surface area contributed by atoms with E-state index in [9.17, 15) is 9.59 Å². The molecule has 1 unspecified atom stereocenters. The molecule has 120 valence electrons. The van der Waals surface area contributed by atoms with Crippen molar-refractivity contribution < 1.29 is 19.3 Å². The van der Waals surface area contributed by atoms with Gasteiger partial charge >= 0.3 is 6.03 Å². The first-order valence-corrected chi connectivity index (χ1v) is 8.09. The number of amides is 3. The molecule has 6 nitrogen and oxygen atoms in total. The summed E-state index contributed by atoms with van der Waals surface area (Å²) in [4.78, 5) is 29.4. The first kappa shape index (κ1) is 14.9. The molecular weight excluding hydrogens is 374 g/mol. The number of carbonyl (C=O) groups excluding carboxylic acids is 2. The van der Waals surface area contributed by atoms with Crippen LogP contribution in [0.2, 0.25) is 0 Å². The Morgan fingerprint density at radius 1 is 1.17 bits per heavy atom. The second kappa shape index (κ2) is 5.45. The fraction of sp³-hybridized carbons (Fsp3) is 0.118. The average Bonchev–Trinajstić information content (AvgIpc) is 2.89. The molecule has 2 N–H and O–H groups in total. The van der Waals surface area contributed by atoms with Crippen molar-refractivity contribution in [1.82, 2.24) is 5.32 Å². The predicted molar refractivity (Wildman–Crippen MR) is 91.7 cm³/mol. The number of halogens is 1. The van der Waals surface area contributed by atoms with Gasteiger partial charge in [-0.3, -0.25) is 15.0 Å². The second-order valence-corrected chi connectivity index (χ2v) is 6.41. The summed E-state index contributed by atoms with van der Waals surface area (Å²) < 4.78 is 6.01. The van der Waals surface area contributed by atoms with E-state index in [0.717, 1.165) is 21.5 Å². The van der Waals surface area contributed by atoms with Gasteiger partial charge in [-0.05, 0) is 36.4 Å². The molecule has 2 aliphatic rings. The molecule has 1 atom stereocenters. The summed E-state index contributed by atoms with van der Waals surface area (Å²) in [5.41, 5.74) is 2.92. The van der Waals surface area contributed by atoms with Crippen LogP contribution in [0.25, 0.3) is 0 Å². The van der Waals surface area contributed by atoms with Crippen molar-refractivity contribution in [2.45, 2.75) is 6.04 Å². The van der Waals surface area contributed by atoms with E-state index < -0.39 is 12.1 Å². The standard InChI is InChI=1S/C17H12BrN3O3/c1-24-11-5-2-9(3-6-11)14-15-16(22)20-17(23)21(15)13-8-10(18)4-7-12(13)19-14/h2-8,15H,1H3,(H,20,22,23)/p+1. The molecule has 1 saturated heterocycles. The van der Waals surface area contributed by atoms with Gasteiger partial charge in [-0.2, -0.15) is 0 Å².